The standard InChI is InChI=1S/C20H9F5N4.C7H3BrFN/c21-13-2-3-14(12(7-13)9-26)15-8-11(1-4-16(15)22)17-10-27-19-28-18(20(23,24)25)5-6-29(17)19;8-7-2-1-6(9)3-5(7)4-10/h1-8,10H;1-3H. The Labute approximate surface area is 225 Å². The van der Waals surface area contributed by atoms with Crippen LogP contribution in [0.25, 0.3) is 28.2 Å². The monoisotopic (exact) mass is 599 g/mol. The molecule has 0 N–H and O–H groups in total. The first-order chi connectivity index (χ1) is 18.5. The Balaban J connectivity index is 0.000000298. The molecule has 12 heteroatoms. The summed E-state index contributed by atoms with van der Waals surface area (Å²) in [7, 11) is 0. The Morgan fingerprint density at radius 2 is 1.46 bits per heavy atom. The molecule has 5 nitrogen and oxygen atoms in total. The summed E-state index contributed by atoms with van der Waals surface area (Å²) in [5, 5.41) is 17.6. The highest BCUT2D eigenvalue weighted by molar-refractivity contribution is 9.10. The zero-order chi connectivity index (χ0) is 28.3. The molecule has 0 saturated carbocycles. The van der Waals surface area contributed by atoms with Crippen LogP contribution in [-0.4, -0.2) is 14.4 Å². The molecule has 0 amide bonds. The number of nitrogens with zero attached hydrogens (tertiary/aromatic N) is 5. The second-order valence-electron chi connectivity index (χ2n) is 7.86. The van der Waals surface area contributed by atoms with Gasteiger partial charge in [0.25, 0.3) is 0 Å². The van der Waals surface area contributed by atoms with Crippen molar-refractivity contribution in [3.63, 3.8) is 0 Å². The third-order valence-electron chi connectivity index (χ3n) is 5.37. The molecule has 0 fully saturated rings. The normalized spacial score (nSPS) is 10.9. The highest BCUT2D eigenvalue weighted by Crippen LogP contribution is 2.32. The molecule has 0 bridgehead atoms. The lowest BCUT2D eigenvalue weighted by atomic mass is 9.97. The van der Waals surface area contributed by atoms with E-state index in [0.29, 0.717) is 21.3 Å². The molecule has 2 aromatic heterocycles. The van der Waals surface area contributed by atoms with Gasteiger partial charge in [0.15, 0.2) is 0 Å². The van der Waals surface area contributed by atoms with E-state index >= 15 is 0 Å². The van der Waals surface area contributed by atoms with Crippen molar-refractivity contribution in [1.29, 1.82) is 10.5 Å². The van der Waals surface area contributed by atoms with Crippen molar-refractivity contribution >= 4 is 21.7 Å². The topological polar surface area (TPSA) is 77.8 Å². The summed E-state index contributed by atoms with van der Waals surface area (Å²) in [5.74, 6) is -1.82. The molecule has 3 aromatic carbocycles. The van der Waals surface area contributed by atoms with Crippen LogP contribution in [0.15, 0.2) is 77.5 Å². The van der Waals surface area contributed by atoms with Crippen LogP contribution in [0.5, 0.6) is 0 Å². The van der Waals surface area contributed by atoms with E-state index in [-0.39, 0.29) is 28.3 Å². The summed E-state index contributed by atoms with van der Waals surface area (Å²) in [6, 6.07) is 15.9. The molecular formula is C27H12BrF6N5. The average Bonchev–Trinajstić information content (AvgIpc) is 3.34. The lowest BCUT2D eigenvalue weighted by molar-refractivity contribution is -0.141. The van der Waals surface area contributed by atoms with Crippen molar-refractivity contribution in [2.24, 2.45) is 0 Å². The molecule has 39 heavy (non-hydrogen) atoms. The van der Waals surface area contributed by atoms with E-state index in [4.69, 9.17) is 5.26 Å². The van der Waals surface area contributed by atoms with Crippen molar-refractivity contribution in [3.8, 4) is 34.5 Å². The molecular weight excluding hydrogens is 588 g/mol. The average molecular weight is 600 g/mol. The van der Waals surface area contributed by atoms with Crippen molar-refractivity contribution in [1.82, 2.24) is 14.4 Å². The molecule has 0 aliphatic carbocycles. The molecule has 2 heterocycles. The Bertz CT molecular complexity index is 1780. The Kier molecular flexibility index (Phi) is 7.70. The summed E-state index contributed by atoms with van der Waals surface area (Å²) in [6.07, 6.45) is -2.11. The number of fused-ring (bicyclic) bond motifs is 1. The summed E-state index contributed by atoms with van der Waals surface area (Å²) in [6.45, 7) is 0. The van der Waals surface area contributed by atoms with Gasteiger partial charge in [0.05, 0.1) is 29.1 Å². The predicted molar refractivity (Wildman–Crippen MR) is 132 cm³/mol. The van der Waals surface area contributed by atoms with Gasteiger partial charge in [-0.25, -0.2) is 23.1 Å². The van der Waals surface area contributed by atoms with Crippen molar-refractivity contribution in [2.45, 2.75) is 6.18 Å². The minimum Gasteiger partial charge on any atom is -0.284 e. The Morgan fingerprint density at radius 1 is 0.795 bits per heavy atom. The smallest absolute Gasteiger partial charge is 0.284 e. The van der Waals surface area contributed by atoms with E-state index in [9.17, 15) is 31.6 Å². The maximum absolute atomic E-state index is 14.4. The van der Waals surface area contributed by atoms with E-state index in [0.717, 1.165) is 24.3 Å². The molecule has 0 saturated heterocycles. The number of alkyl halides is 3. The molecule has 194 valence electrons. The summed E-state index contributed by atoms with van der Waals surface area (Å²) < 4.78 is 80.7. The fraction of sp³-hybridized carbons (Fsp3) is 0.0370. The summed E-state index contributed by atoms with van der Waals surface area (Å²) in [4.78, 5) is 7.39. The van der Waals surface area contributed by atoms with Crippen molar-refractivity contribution in [3.05, 3.63) is 112 Å². The molecule has 0 radical (unpaired) electrons. The lowest BCUT2D eigenvalue weighted by Gasteiger charge is -2.10. The van der Waals surface area contributed by atoms with E-state index in [1.165, 1.54) is 53.2 Å². The molecule has 0 spiro atoms. The van der Waals surface area contributed by atoms with Gasteiger partial charge in [0, 0.05) is 27.4 Å². The van der Waals surface area contributed by atoms with E-state index in [1.807, 2.05) is 12.1 Å². The van der Waals surface area contributed by atoms with Crippen LogP contribution in [-0.2, 0) is 6.18 Å². The van der Waals surface area contributed by atoms with E-state index < -0.39 is 23.5 Å². The van der Waals surface area contributed by atoms with Crippen LogP contribution < -0.4 is 0 Å². The summed E-state index contributed by atoms with van der Waals surface area (Å²) >= 11 is 3.10. The van der Waals surface area contributed by atoms with Crippen LogP contribution >= 0.6 is 15.9 Å². The van der Waals surface area contributed by atoms with Gasteiger partial charge in [0.1, 0.15) is 29.2 Å². The third kappa shape index (κ3) is 5.92. The molecule has 0 aliphatic heterocycles. The second kappa shape index (κ2) is 11.0. The van der Waals surface area contributed by atoms with Gasteiger partial charge < -0.3 is 0 Å². The minimum absolute atomic E-state index is 0.0457. The number of imidazole rings is 1. The zero-order valence-corrected chi connectivity index (χ0v) is 20.9. The lowest BCUT2D eigenvalue weighted by Crippen LogP contribution is -2.09. The minimum atomic E-state index is -4.60. The molecule has 0 atom stereocenters. The number of nitriles is 2. The van der Waals surface area contributed by atoms with Crippen LogP contribution in [0.1, 0.15) is 16.8 Å². The number of aromatic nitrogens is 3. The fourth-order valence-corrected chi connectivity index (χ4v) is 3.90. The third-order valence-corrected chi connectivity index (χ3v) is 6.06. The molecule has 0 unspecified atom stereocenters. The fourth-order valence-electron chi connectivity index (χ4n) is 3.56. The Morgan fingerprint density at radius 3 is 2.10 bits per heavy atom. The van der Waals surface area contributed by atoms with E-state index in [2.05, 4.69) is 25.9 Å². The van der Waals surface area contributed by atoms with Gasteiger partial charge in [-0.15, -0.1) is 0 Å². The predicted octanol–water partition coefficient (Wildman–Crippen LogP) is 7.69. The maximum Gasteiger partial charge on any atom is 0.433 e. The molecule has 0 aliphatic rings. The first-order valence-electron chi connectivity index (χ1n) is 10.8. The van der Waals surface area contributed by atoms with Crippen LogP contribution in [0.2, 0.25) is 0 Å². The van der Waals surface area contributed by atoms with Gasteiger partial charge >= 0.3 is 6.18 Å². The zero-order valence-electron chi connectivity index (χ0n) is 19.3. The van der Waals surface area contributed by atoms with Crippen LogP contribution in [0, 0.1) is 40.1 Å². The van der Waals surface area contributed by atoms with Crippen LogP contribution in [0.3, 0.4) is 0 Å². The number of hydrogen-bond donors (Lipinski definition) is 0. The quantitative estimate of drug-likeness (QED) is 0.195. The van der Waals surface area contributed by atoms with Gasteiger partial charge in [-0.05, 0) is 70.5 Å². The van der Waals surface area contributed by atoms with Crippen molar-refractivity contribution < 1.29 is 26.3 Å². The van der Waals surface area contributed by atoms with Gasteiger partial charge in [-0.1, -0.05) is 6.07 Å². The number of rotatable bonds is 2. The molecule has 5 rings (SSSR count). The van der Waals surface area contributed by atoms with Gasteiger partial charge in [0.2, 0.25) is 5.78 Å². The Hall–Kier alpha value is -4.68. The highest BCUT2D eigenvalue weighted by Gasteiger charge is 2.33. The second-order valence-corrected chi connectivity index (χ2v) is 8.71. The number of hydrogen-bond acceptors (Lipinski definition) is 4. The highest BCUT2D eigenvalue weighted by atomic mass is 79.9. The van der Waals surface area contributed by atoms with E-state index in [1.54, 1.807) is 0 Å². The molecule has 5 aromatic rings. The first-order valence-corrected chi connectivity index (χ1v) is 11.6. The maximum atomic E-state index is 14.4. The number of benzene rings is 3. The summed E-state index contributed by atoms with van der Waals surface area (Å²) in [5.41, 5.74) is 0.253. The van der Waals surface area contributed by atoms with Crippen LogP contribution in [0.4, 0.5) is 26.3 Å². The van der Waals surface area contributed by atoms with Gasteiger partial charge in [-0.2, -0.15) is 23.7 Å². The largest absolute Gasteiger partial charge is 0.433 e. The van der Waals surface area contributed by atoms with Gasteiger partial charge in [-0.3, -0.25) is 4.40 Å². The SMILES string of the molecule is N#Cc1cc(F)ccc1-c1cc(-c2cnc3nc(C(F)(F)F)ccn23)ccc1F.N#Cc1cc(F)ccc1Br. The first kappa shape index (κ1) is 27.4. The number of halogens is 7. The van der Waals surface area contributed by atoms with Crippen molar-refractivity contribution in [2.75, 3.05) is 0 Å².